The van der Waals surface area contributed by atoms with E-state index in [1.54, 1.807) is 18.2 Å². The van der Waals surface area contributed by atoms with Crippen LogP contribution in [-0.2, 0) is 10.5 Å². The number of halogens is 2. The second kappa shape index (κ2) is 8.74. The SMILES string of the molecule is Cc1cc(Oc2cc(Cl)cnc2-c2ccc([C@@](C)(N)F)cn2)cc(N2CCOCC2)n1. The van der Waals surface area contributed by atoms with Crippen LogP contribution in [0.3, 0.4) is 0 Å². The van der Waals surface area contributed by atoms with Crippen molar-refractivity contribution in [3.63, 3.8) is 0 Å². The van der Waals surface area contributed by atoms with Crippen molar-refractivity contribution in [3.05, 3.63) is 59.0 Å². The van der Waals surface area contributed by atoms with Crippen molar-refractivity contribution < 1.29 is 13.9 Å². The van der Waals surface area contributed by atoms with Crippen molar-refractivity contribution in [3.8, 4) is 22.9 Å². The summed E-state index contributed by atoms with van der Waals surface area (Å²) in [6.07, 6.45) is 2.90. The van der Waals surface area contributed by atoms with Gasteiger partial charge >= 0.3 is 0 Å². The number of aromatic nitrogens is 3. The fraction of sp³-hybridized carbons (Fsp3) is 0.318. The molecule has 0 spiro atoms. The van der Waals surface area contributed by atoms with E-state index < -0.39 is 5.79 Å². The Labute approximate surface area is 185 Å². The number of nitrogens with zero attached hydrogens (tertiary/aromatic N) is 4. The number of ether oxygens (including phenoxy) is 2. The molecule has 3 aromatic heterocycles. The quantitative estimate of drug-likeness (QED) is 0.590. The summed E-state index contributed by atoms with van der Waals surface area (Å²) in [7, 11) is 0. The molecule has 1 fully saturated rings. The summed E-state index contributed by atoms with van der Waals surface area (Å²) >= 11 is 6.18. The lowest BCUT2D eigenvalue weighted by Crippen LogP contribution is -2.36. The van der Waals surface area contributed by atoms with Gasteiger partial charge in [-0.3, -0.25) is 10.7 Å². The molecule has 0 bridgehead atoms. The summed E-state index contributed by atoms with van der Waals surface area (Å²) < 4.78 is 25.6. The molecule has 0 aromatic carbocycles. The number of morpholine rings is 1. The third kappa shape index (κ3) is 5.10. The molecule has 0 aliphatic carbocycles. The van der Waals surface area contributed by atoms with Crippen molar-refractivity contribution in [1.29, 1.82) is 0 Å². The van der Waals surface area contributed by atoms with Crippen molar-refractivity contribution in [2.45, 2.75) is 19.6 Å². The van der Waals surface area contributed by atoms with Crippen LogP contribution in [0.25, 0.3) is 11.4 Å². The molecule has 0 saturated carbocycles. The topological polar surface area (TPSA) is 86.4 Å². The molecule has 3 aromatic rings. The summed E-state index contributed by atoms with van der Waals surface area (Å²) in [5.74, 6) is -0.110. The highest BCUT2D eigenvalue weighted by Gasteiger charge is 2.21. The maximum atomic E-state index is 14.0. The number of rotatable bonds is 5. The molecule has 31 heavy (non-hydrogen) atoms. The molecule has 162 valence electrons. The van der Waals surface area contributed by atoms with E-state index in [0.29, 0.717) is 41.1 Å². The molecular weight excluding hydrogens is 421 g/mol. The third-order valence-electron chi connectivity index (χ3n) is 4.87. The van der Waals surface area contributed by atoms with E-state index in [-0.39, 0.29) is 5.56 Å². The molecule has 4 rings (SSSR count). The van der Waals surface area contributed by atoms with E-state index in [4.69, 9.17) is 26.8 Å². The number of pyridine rings is 3. The molecule has 4 heterocycles. The number of anilines is 1. The molecule has 1 aliphatic rings. The normalized spacial score (nSPS) is 16.1. The lowest BCUT2D eigenvalue weighted by molar-refractivity contribution is 0.122. The Morgan fingerprint density at radius 1 is 1.16 bits per heavy atom. The van der Waals surface area contributed by atoms with Gasteiger partial charge in [-0.05, 0) is 19.9 Å². The highest BCUT2D eigenvalue weighted by Crippen LogP contribution is 2.34. The monoisotopic (exact) mass is 443 g/mol. The van der Waals surface area contributed by atoms with Gasteiger partial charge in [0.25, 0.3) is 0 Å². The van der Waals surface area contributed by atoms with Gasteiger partial charge in [0.1, 0.15) is 17.3 Å². The van der Waals surface area contributed by atoms with E-state index in [1.165, 1.54) is 19.3 Å². The Morgan fingerprint density at radius 2 is 1.94 bits per heavy atom. The van der Waals surface area contributed by atoms with Gasteiger partial charge in [-0.15, -0.1) is 0 Å². The Bertz CT molecular complexity index is 1070. The van der Waals surface area contributed by atoms with E-state index >= 15 is 0 Å². The Kier molecular flexibility index (Phi) is 6.04. The molecule has 9 heteroatoms. The number of hydrogen-bond acceptors (Lipinski definition) is 7. The number of hydrogen-bond donors (Lipinski definition) is 1. The van der Waals surface area contributed by atoms with Crippen LogP contribution in [0.5, 0.6) is 11.5 Å². The van der Waals surface area contributed by atoms with Crippen LogP contribution in [0.4, 0.5) is 10.2 Å². The Hall–Kier alpha value is -2.81. The van der Waals surface area contributed by atoms with E-state index in [9.17, 15) is 4.39 Å². The Morgan fingerprint density at radius 3 is 2.61 bits per heavy atom. The third-order valence-corrected chi connectivity index (χ3v) is 5.07. The van der Waals surface area contributed by atoms with E-state index in [0.717, 1.165) is 24.6 Å². The second-order valence-electron chi connectivity index (χ2n) is 7.51. The van der Waals surface area contributed by atoms with Crippen LogP contribution in [0.1, 0.15) is 18.2 Å². The smallest absolute Gasteiger partial charge is 0.183 e. The van der Waals surface area contributed by atoms with Crippen LogP contribution >= 0.6 is 11.6 Å². The summed E-state index contributed by atoms with van der Waals surface area (Å²) in [6.45, 7) is 6.05. The number of alkyl halides is 1. The van der Waals surface area contributed by atoms with Crippen LogP contribution < -0.4 is 15.4 Å². The van der Waals surface area contributed by atoms with Gasteiger partial charge < -0.3 is 14.4 Å². The molecular formula is C22H23ClFN5O2. The van der Waals surface area contributed by atoms with E-state index in [2.05, 4.69) is 19.9 Å². The van der Waals surface area contributed by atoms with Gasteiger partial charge in [-0.1, -0.05) is 17.7 Å². The zero-order chi connectivity index (χ0) is 22.0. The highest BCUT2D eigenvalue weighted by atomic mass is 35.5. The fourth-order valence-electron chi connectivity index (χ4n) is 3.27. The molecule has 0 radical (unpaired) electrons. The van der Waals surface area contributed by atoms with Gasteiger partial charge in [0.2, 0.25) is 0 Å². The molecule has 0 unspecified atom stereocenters. The Balaban J connectivity index is 1.66. The molecule has 1 saturated heterocycles. The first kappa shape index (κ1) is 21.4. The van der Waals surface area contributed by atoms with Crippen molar-refractivity contribution in [2.24, 2.45) is 5.73 Å². The predicted octanol–water partition coefficient (Wildman–Crippen LogP) is 4.23. The largest absolute Gasteiger partial charge is 0.455 e. The second-order valence-corrected chi connectivity index (χ2v) is 7.95. The first-order valence-electron chi connectivity index (χ1n) is 9.89. The maximum absolute atomic E-state index is 14.0. The molecule has 7 nitrogen and oxygen atoms in total. The van der Waals surface area contributed by atoms with Gasteiger partial charge in [0.15, 0.2) is 11.5 Å². The predicted molar refractivity (Wildman–Crippen MR) is 117 cm³/mol. The number of nitrogens with two attached hydrogens (primary N) is 1. The van der Waals surface area contributed by atoms with E-state index in [1.807, 2.05) is 19.1 Å². The fourth-order valence-corrected chi connectivity index (χ4v) is 3.42. The van der Waals surface area contributed by atoms with Gasteiger partial charge in [0, 0.05) is 54.9 Å². The standard InChI is InChI=1S/C22H23ClFN5O2/c1-14-9-17(11-20(28-14)29-5-7-30-8-6-29)31-19-10-16(23)13-27-21(19)18-4-3-15(12-26-18)22(2,24)25/h3-4,9-13H,5-8,25H2,1-2H3/t22-/m1/s1. The lowest BCUT2D eigenvalue weighted by Gasteiger charge is -2.28. The van der Waals surface area contributed by atoms with Gasteiger partial charge in [-0.25, -0.2) is 14.4 Å². The zero-order valence-electron chi connectivity index (χ0n) is 17.3. The summed E-state index contributed by atoms with van der Waals surface area (Å²) in [6, 6.07) is 8.62. The average Bonchev–Trinajstić information content (AvgIpc) is 2.74. The maximum Gasteiger partial charge on any atom is 0.183 e. The van der Waals surface area contributed by atoms with Crippen molar-refractivity contribution >= 4 is 17.4 Å². The molecule has 2 N–H and O–H groups in total. The molecule has 0 amide bonds. The van der Waals surface area contributed by atoms with Crippen LogP contribution in [-0.4, -0.2) is 41.3 Å². The minimum atomic E-state index is -1.97. The lowest BCUT2D eigenvalue weighted by atomic mass is 10.1. The summed E-state index contributed by atoms with van der Waals surface area (Å²) in [5.41, 5.74) is 7.59. The van der Waals surface area contributed by atoms with Crippen LogP contribution in [0.15, 0.2) is 42.7 Å². The zero-order valence-corrected chi connectivity index (χ0v) is 18.1. The van der Waals surface area contributed by atoms with Gasteiger partial charge in [-0.2, -0.15) is 0 Å². The van der Waals surface area contributed by atoms with Crippen molar-refractivity contribution in [2.75, 3.05) is 31.2 Å². The first-order valence-corrected chi connectivity index (χ1v) is 10.3. The van der Waals surface area contributed by atoms with Crippen LogP contribution in [0, 0.1) is 6.92 Å². The number of aryl methyl sites for hydroxylation is 1. The first-order chi connectivity index (χ1) is 14.8. The van der Waals surface area contributed by atoms with Crippen molar-refractivity contribution in [1.82, 2.24) is 15.0 Å². The summed E-state index contributed by atoms with van der Waals surface area (Å²) in [5, 5.41) is 0.424. The summed E-state index contributed by atoms with van der Waals surface area (Å²) in [4.78, 5) is 15.5. The minimum absolute atomic E-state index is 0.271. The minimum Gasteiger partial charge on any atom is -0.455 e. The average molecular weight is 444 g/mol. The molecule has 1 aliphatic heterocycles. The molecule has 1 atom stereocenters. The highest BCUT2D eigenvalue weighted by molar-refractivity contribution is 6.30. The van der Waals surface area contributed by atoms with Gasteiger partial charge in [0.05, 0.1) is 23.9 Å². The van der Waals surface area contributed by atoms with Crippen LogP contribution in [0.2, 0.25) is 5.02 Å².